The number of ether oxygens (including phenoxy) is 1. The maximum atomic E-state index is 12.2. The second kappa shape index (κ2) is 7.75. The van der Waals surface area contributed by atoms with Gasteiger partial charge in [0.05, 0.1) is 5.56 Å². The van der Waals surface area contributed by atoms with E-state index >= 15 is 0 Å². The van der Waals surface area contributed by atoms with Crippen LogP contribution in [0.25, 0.3) is 0 Å². The number of phenolic OH excluding ortho intramolecular Hbond substituents is 1. The Bertz CT molecular complexity index is 898. The minimum atomic E-state index is -0.690. The number of hydrogen-bond donors (Lipinski definition) is 4. The lowest BCUT2D eigenvalue weighted by Gasteiger charge is -2.09. The molecule has 4 N–H and O–H groups in total. The van der Waals surface area contributed by atoms with Crippen LogP contribution in [-0.2, 0) is 11.3 Å². The van der Waals surface area contributed by atoms with Crippen molar-refractivity contribution in [3.63, 3.8) is 0 Å². The molecule has 2 aromatic carbocycles. The number of tetrazole rings is 1. The standard InChI is InChI=1S/C16H14N6O4/c23-13-7-6-11(8-12(13)14(24)18-15-19-21-22-20-15)17-16(25)26-9-10-4-2-1-3-5-10/h1-8,23H,9H2,(H,17,25)(H2,18,19,20,21,22,24). The molecule has 0 atom stereocenters. The van der Waals surface area contributed by atoms with E-state index in [0.717, 1.165) is 5.56 Å². The van der Waals surface area contributed by atoms with Gasteiger partial charge in [-0.1, -0.05) is 35.4 Å². The summed E-state index contributed by atoms with van der Waals surface area (Å²) in [6, 6.07) is 13.2. The number of aromatic hydroxyl groups is 1. The summed E-state index contributed by atoms with van der Waals surface area (Å²) in [5.41, 5.74) is 1.05. The Morgan fingerprint density at radius 3 is 2.65 bits per heavy atom. The van der Waals surface area contributed by atoms with E-state index in [4.69, 9.17) is 4.74 Å². The van der Waals surface area contributed by atoms with E-state index in [1.165, 1.54) is 18.2 Å². The molecule has 0 bridgehead atoms. The summed E-state index contributed by atoms with van der Waals surface area (Å²) in [6.45, 7) is 0.108. The number of rotatable bonds is 5. The summed E-state index contributed by atoms with van der Waals surface area (Å²) in [6.07, 6.45) is -0.690. The fraction of sp³-hybridized carbons (Fsp3) is 0.0625. The van der Waals surface area contributed by atoms with Crippen molar-refractivity contribution >= 4 is 23.6 Å². The first-order chi connectivity index (χ1) is 12.6. The van der Waals surface area contributed by atoms with E-state index in [0.29, 0.717) is 0 Å². The highest BCUT2D eigenvalue weighted by atomic mass is 16.5. The number of aromatic nitrogens is 4. The quantitative estimate of drug-likeness (QED) is 0.513. The van der Waals surface area contributed by atoms with Crippen molar-refractivity contribution in [1.82, 2.24) is 20.6 Å². The Labute approximate surface area is 147 Å². The molecule has 0 unspecified atom stereocenters. The molecular formula is C16H14N6O4. The normalized spacial score (nSPS) is 10.2. The van der Waals surface area contributed by atoms with Crippen LogP contribution >= 0.6 is 0 Å². The first kappa shape index (κ1) is 16.9. The van der Waals surface area contributed by atoms with Gasteiger partial charge in [-0.2, -0.15) is 0 Å². The Hall–Kier alpha value is -3.95. The molecule has 26 heavy (non-hydrogen) atoms. The van der Waals surface area contributed by atoms with Crippen LogP contribution in [0.2, 0.25) is 0 Å². The summed E-state index contributed by atoms with van der Waals surface area (Å²) in [4.78, 5) is 24.0. The molecule has 0 aliphatic rings. The van der Waals surface area contributed by atoms with E-state index in [-0.39, 0.29) is 29.6 Å². The fourth-order valence-electron chi connectivity index (χ4n) is 2.06. The Balaban J connectivity index is 1.63. The summed E-state index contributed by atoms with van der Waals surface area (Å²) < 4.78 is 5.10. The molecule has 1 heterocycles. The monoisotopic (exact) mass is 354 g/mol. The Morgan fingerprint density at radius 1 is 1.12 bits per heavy atom. The Morgan fingerprint density at radius 2 is 1.92 bits per heavy atom. The number of hydrogen-bond acceptors (Lipinski definition) is 7. The van der Waals surface area contributed by atoms with Gasteiger partial charge in [0, 0.05) is 5.69 Å². The van der Waals surface area contributed by atoms with Gasteiger partial charge in [0.2, 0.25) is 5.95 Å². The minimum Gasteiger partial charge on any atom is -0.507 e. The molecule has 0 aliphatic heterocycles. The molecule has 0 spiro atoms. The van der Waals surface area contributed by atoms with Gasteiger partial charge in [0.25, 0.3) is 5.91 Å². The summed E-state index contributed by atoms with van der Waals surface area (Å²) in [7, 11) is 0. The van der Waals surface area contributed by atoms with Gasteiger partial charge in [-0.3, -0.25) is 15.4 Å². The number of amides is 2. The summed E-state index contributed by atoms with van der Waals surface area (Å²) in [5.74, 6) is -0.893. The molecule has 10 heteroatoms. The highest BCUT2D eigenvalue weighted by Crippen LogP contribution is 2.22. The van der Waals surface area contributed by atoms with Gasteiger partial charge in [-0.15, -0.1) is 0 Å². The number of carbonyl (C=O) groups excluding carboxylic acids is 2. The maximum Gasteiger partial charge on any atom is 0.411 e. The molecule has 3 aromatic rings. The average Bonchev–Trinajstić information content (AvgIpc) is 3.15. The van der Waals surface area contributed by atoms with Crippen molar-refractivity contribution in [2.75, 3.05) is 10.6 Å². The molecule has 132 valence electrons. The highest BCUT2D eigenvalue weighted by molar-refractivity contribution is 6.06. The summed E-state index contributed by atoms with van der Waals surface area (Å²) in [5, 5.41) is 27.2. The first-order valence-electron chi connectivity index (χ1n) is 7.47. The third kappa shape index (κ3) is 4.32. The summed E-state index contributed by atoms with van der Waals surface area (Å²) >= 11 is 0. The van der Waals surface area contributed by atoms with E-state index in [1.807, 2.05) is 30.3 Å². The van der Waals surface area contributed by atoms with Crippen LogP contribution in [0.1, 0.15) is 15.9 Å². The Kier molecular flexibility index (Phi) is 5.03. The molecule has 10 nitrogen and oxygen atoms in total. The van der Waals surface area contributed by atoms with Crippen molar-refractivity contribution in [3.8, 4) is 5.75 Å². The van der Waals surface area contributed by atoms with Crippen molar-refractivity contribution in [2.45, 2.75) is 6.61 Å². The zero-order valence-corrected chi connectivity index (χ0v) is 13.3. The molecule has 0 fully saturated rings. The molecule has 2 amide bonds. The van der Waals surface area contributed by atoms with Gasteiger partial charge in [0.15, 0.2) is 0 Å². The van der Waals surface area contributed by atoms with Crippen LogP contribution in [0.3, 0.4) is 0 Å². The number of benzene rings is 2. The highest BCUT2D eigenvalue weighted by Gasteiger charge is 2.15. The molecular weight excluding hydrogens is 340 g/mol. The predicted octanol–water partition coefficient (Wildman–Crippen LogP) is 1.91. The van der Waals surface area contributed by atoms with E-state index in [2.05, 4.69) is 31.3 Å². The van der Waals surface area contributed by atoms with E-state index in [9.17, 15) is 14.7 Å². The molecule has 3 rings (SSSR count). The number of carbonyl (C=O) groups is 2. The van der Waals surface area contributed by atoms with Crippen LogP contribution in [0.5, 0.6) is 5.75 Å². The largest absolute Gasteiger partial charge is 0.507 e. The predicted molar refractivity (Wildman–Crippen MR) is 90.5 cm³/mol. The van der Waals surface area contributed by atoms with Gasteiger partial charge in [0.1, 0.15) is 12.4 Å². The molecule has 0 saturated carbocycles. The fourth-order valence-corrected chi connectivity index (χ4v) is 2.06. The maximum absolute atomic E-state index is 12.2. The van der Waals surface area contributed by atoms with Crippen molar-refractivity contribution < 1.29 is 19.4 Å². The number of nitrogens with one attached hydrogen (secondary N) is 3. The van der Waals surface area contributed by atoms with Crippen LogP contribution in [0.4, 0.5) is 16.4 Å². The molecule has 0 radical (unpaired) electrons. The zero-order valence-electron chi connectivity index (χ0n) is 13.3. The smallest absolute Gasteiger partial charge is 0.411 e. The molecule has 1 aromatic heterocycles. The van der Waals surface area contributed by atoms with Crippen molar-refractivity contribution in [1.29, 1.82) is 0 Å². The number of aromatic amines is 1. The van der Waals surface area contributed by atoms with Gasteiger partial charge in [-0.05, 0) is 34.2 Å². The number of H-pyrrole nitrogens is 1. The van der Waals surface area contributed by atoms with Gasteiger partial charge in [-0.25, -0.2) is 9.89 Å². The lowest BCUT2D eigenvalue weighted by molar-refractivity contribution is 0.102. The average molecular weight is 354 g/mol. The lowest BCUT2D eigenvalue weighted by atomic mass is 10.1. The third-order valence-electron chi connectivity index (χ3n) is 3.28. The second-order valence-electron chi connectivity index (χ2n) is 5.12. The first-order valence-corrected chi connectivity index (χ1v) is 7.47. The number of anilines is 2. The molecule has 0 aliphatic carbocycles. The topological polar surface area (TPSA) is 142 Å². The number of phenols is 1. The van der Waals surface area contributed by atoms with Crippen molar-refractivity contribution in [3.05, 3.63) is 59.7 Å². The minimum absolute atomic E-state index is 0.0232. The van der Waals surface area contributed by atoms with E-state index in [1.54, 1.807) is 0 Å². The van der Waals surface area contributed by atoms with Gasteiger partial charge < -0.3 is 9.84 Å². The van der Waals surface area contributed by atoms with Crippen LogP contribution < -0.4 is 10.6 Å². The number of nitrogens with zero attached hydrogens (tertiary/aromatic N) is 3. The van der Waals surface area contributed by atoms with Gasteiger partial charge >= 0.3 is 6.09 Å². The van der Waals surface area contributed by atoms with Crippen LogP contribution in [0, 0.1) is 0 Å². The molecule has 0 saturated heterocycles. The second-order valence-corrected chi connectivity index (χ2v) is 5.12. The van der Waals surface area contributed by atoms with E-state index < -0.39 is 12.0 Å². The SMILES string of the molecule is O=C(Nc1ccc(O)c(C(=O)Nc2nnn[nH]2)c1)OCc1ccccc1. The zero-order chi connectivity index (χ0) is 18.4. The van der Waals surface area contributed by atoms with Crippen molar-refractivity contribution in [2.24, 2.45) is 0 Å². The van der Waals surface area contributed by atoms with Crippen LogP contribution in [0.15, 0.2) is 48.5 Å². The van der Waals surface area contributed by atoms with Crippen LogP contribution in [-0.4, -0.2) is 37.7 Å². The lowest BCUT2D eigenvalue weighted by Crippen LogP contribution is -2.16. The third-order valence-corrected chi connectivity index (χ3v) is 3.28.